The van der Waals surface area contributed by atoms with Crippen molar-refractivity contribution in [2.75, 3.05) is 6.54 Å². The van der Waals surface area contributed by atoms with E-state index in [1.807, 2.05) is 0 Å². The summed E-state index contributed by atoms with van der Waals surface area (Å²) in [6.45, 7) is 10.2. The topological polar surface area (TPSA) is 12.0 Å². The first kappa shape index (κ1) is 14.1. The van der Waals surface area contributed by atoms with Gasteiger partial charge in [-0.15, -0.1) is 0 Å². The normalized spacial score (nSPS) is 14.8. The molecule has 0 aliphatic heterocycles. The van der Waals surface area contributed by atoms with Crippen LogP contribution in [0.4, 0.5) is 0 Å². The molecule has 2 aromatic carbocycles. The van der Waals surface area contributed by atoms with Gasteiger partial charge in [0, 0.05) is 6.04 Å². The summed E-state index contributed by atoms with van der Waals surface area (Å²) in [7, 11) is 0. The number of rotatable bonds is 5. The second-order valence-electron chi connectivity index (χ2n) is 5.96. The number of benzene rings is 2. The summed E-state index contributed by atoms with van der Waals surface area (Å²) in [5.74, 6) is 1.44. The number of hydrogen-bond acceptors (Lipinski definition) is 1. The molecule has 0 spiro atoms. The van der Waals surface area contributed by atoms with Gasteiger partial charge in [-0.05, 0) is 47.7 Å². The van der Waals surface area contributed by atoms with Gasteiger partial charge in [0.25, 0.3) is 0 Å². The van der Waals surface area contributed by atoms with Crippen LogP contribution in [-0.2, 0) is 0 Å². The van der Waals surface area contributed by atoms with Crippen molar-refractivity contribution in [3.05, 3.63) is 48.0 Å². The van der Waals surface area contributed by atoms with Crippen LogP contribution in [0, 0.1) is 11.8 Å². The van der Waals surface area contributed by atoms with Gasteiger partial charge in [-0.3, -0.25) is 0 Å². The van der Waals surface area contributed by atoms with E-state index in [1.165, 1.54) is 16.3 Å². The van der Waals surface area contributed by atoms with Gasteiger partial charge in [0.2, 0.25) is 0 Å². The number of nitrogens with one attached hydrogen (secondary N) is 1. The van der Waals surface area contributed by atoms with E-state index in [4.69, 9.17) is 0 Å². The van der Waals surface area contributed by atoms with Gasteiger partial charge in [-0.2, -0.15) is 0 Å². The van der Waals surface area contributed by atoms with Gasteiger partial charge < -0.3 is 5.32 Å². The minimum atomic E-state index is 0.408. The maximum absolute atomic E-state index is 3.64. The maximum Gasteiger partial charge on any atom is 0.0292 e. The third-order valence-electron chi connectivity index (χ3n) is 4.16. The predicted molar refractivity (Wildman–Crippen MR) is 84.4 cm³/mol. The summed E-state index contributed by atoms with van der Waals surface area (Å²) < 4.78 is 0. The standard InChI is InChI=1S/C18H25N/c1-13(2)14(3)12-19-15(4)17-10-9-16-7-5-6-8-18(16)11-17/h5-11,13-15,19H,12H2,1-4H3. The molecule has 0 aliphatic carbocycles. The fourth-order valence-corrected chi connectivity index (χ4v) is 2.19. The molecule has 1 nitrogen and oxygen atoms in total. The van der Waals surface area contributed by atoms with E-state index in [9.17, 15) is 0 Å². The SMILES string of the molecule is CC(NCC(C)C(C)C)c1ccc2ccccc2c1. The van der Waals surface area contributed by atoms with Gasteiger partial charge >= 0.3 is 0 Å². The molecule has 0 fully saturated rings. The number of fused-ring (bicyclic) bond motifs is 1. The fraction of sp³-hybridized carbons (Fsp3) is 0.444. The Morgan fingerprint density at radius 1 is 0.895 bits per heavy atom. The molecule has 19 heavy (non-hydrogen) atoms. The average molecular weight is 255 g/mol. The highest BCUT2D eigenvalue weighted by molar-refractivity contribution is 5.83. The molecule has 0 amide bonds. The summed E-state index contributed by atoms with van der Waals surface area (Å²) in [5, 5.41) is 6.28. The summed E-state index contributed by atoms with van der Waals surface area (Å²) in [6.07, 6.45) is 0. The third kappa shape index (κ3) is 3.57. The largest absolute Gasteiger partial charge is 0.310 e. The van der Waals surface area contributed by atoms with Gasteiger partial charge in [-0.1, -0.05) is 57.2 Å². The molecule has 2 aromatic rings. The lowest BCUT2D eigenvalue weighted by Gasteiger charge is -2.20. The van der Waals surface area contributed by atoms with E-state index in [-0.39, 0.29) is 0 Å². The molecule has 2 unspecified atom stereocenters. The van der Waals surface area contributed by atoms with Crippen molar-refractivity contribution in [2.24, 2.45) is 11.8 Å². The Hall–Kier alpha value is -1.34. The maximum atomic E-state index is 3.64. The lowest BCUT2D eigenvalue weighted by molar-refractivity contribution is 0.376. The Morgan fingerprint density at radius 3 is 2.26 bits per heavy atom. The van der Waals surface area contributed by atoms with Crippen molar-refractivity contribution >= 4 is 10.8 Å². The van der Waals surface area contributed by atoms with Gasteiger partial charge in [-0.25, -0.2) is 0 Å². The molecule has 1 heteroatoms. The van der Waals surface area contributed by atoms with E-state index in [1.54, 1.807) is 0 Å². The zero-order valence-corrected chi connectivity index (χ0v) is 12.5. The first-order valence-corrected chi connectivity index (χ1v) is 7.30. The molecule has 0 saturated carbocycles. The van der Waals surface area contributed by atoms with Crippen LogP contribution in [-0.4, -0.2) is 6.54 Å². The molecule has 2 rings (SSSR count). The predicted octanol–water partition coefficient (Wildman–Crippen LogP) is 4.78. The molecular formula is C18H25N. The molecule has 0 bridgehead atoms. The zero-order valence-electron chi connectivity index (χ0n) is 12.5. The van der Waals surface area contributed by atoms with Crippen LogP contribution in [0.3, 0.4) is 0 Å². The summed E-state index contributed by atoms with van der Waals surface area (Å²) in [5.41, 5.74) is 1.37. The minimum Gasteiger partial charge on any atom is -0.310 e. The molecule has 1 N–H and O–H groups in total. The highest BCUT2D eigenvalue weighted by atomic mass is 14.9. The summed E-state index contributed by atoms with van der Waals surface area (Å²) in [6, 6.07) is 15.7. The highest BCUT2D eigenvalue weighted by Crippen LogP contribution is 2.20. The molecule has 0 radical (unpaired) electrons. The smallest absolute Gasteiger partial charge is 0.0292 e. The van der Waals surface area contributed by atoms with Crippen molar-refractivity contribution in [1.82, 2.24) is 5.32 Å². The van der Waals surface area contributed by atoms with Crippen LogP contribution >= 0.6 is 0 Å². The Balaban J connectivity index is 2.06. The van der Waals surface area contributed by atoms with E-state index < -0.39 is 0 Å². The Bertz CT molecular complexity index is 530. The summed E-state index contributed by atoms with van der Waals surface area (Å²) in [4.78, 5) is 0. The lowest BCUT2D eigenvalue weighted by Crippen LogP contribution is -2.26. The first-order valence-electron chi connectivity index (χ1n) is 7.30. The Labute approximate surface area is 117 Å². The highest BCUT2D eigenvalue weighted by Gasteiger charge is 2.10. The summed E-state index contributed by atoms with van der Waals surface area (Å²) >= 11 is 0. The monoisotopic (exact) mass is 255 g/mol. The number of hydrogen-bond donors (Lipinski definition) is 1. The van der Waals surface area contributed by atoms with E-state index in [2.05, 4.69) is 75.5 Å². The van der Waals surface area contributed by atoms with E-state index in [0.29, 0.717) is 12.0 Å². The van der Waals surface area contributed by atoms with Gasteiger partial charge in [0.15, 0.2) is 0 Å². The van der Waals surface area contributed by atoms with Crippen molar-refractivity contribution in [2.45, 2.75) is 33.7 Å². The van der Waals surface area contributed by atoms with E-state index >= 15 is 0 Å². The lowest BCUT2D eigenvalue weighted by atomic mass is 9.97. The quantitative estimate of drug-likeness (QED) is 0.810. The fourth-order valence-electron chi connectivity index (χ4n) is 2.19. The first-order chi connectivity index (χ1) is 9.08. The third-order valence-corrected chi connectivity index (χ3v) is 4.16. The van der Waals surface area contributed by atoms with Gasteiger partial charge in [0.05, 0.1) is 0 Å². The van der Waals surface area contributed by atoms with E-state index in [0.717, 1.165) is 12.5 Å². The van der Waals surface area contributed by atoms with Crippen LogP contribution in [0.5, 0.6) is 0 Å². The molecule has 2 atom stereocenters. The van der Waals surface area contributed by atoms with Crippen LogP contribution in [0.15, 0.2) is 42.5 Å². The molecule has 0 aliphatic rings. The second-order valence-corrected chi connectivity index (χ2v) is 5.96. The molecule has 0 saturated heterocycles. The molecule has 0 heterocycles. The average Bonchev–Trinajstić information content (AvgIpc) is 2.43. The molecular weight excluding hydrogens is 230 g/mol. The zero-order chi connectivity index (χ0) is 13.8. The molecule has 102 valence electrons. The van der Waals surface area contributed by atoms with Crippen molar-refractivity contribution in [1.29, 1.82) is 0 Å². The Morgan fingerprint density at radius 2 is 1.58 bits per heavy atom. The van der Waals surface area contributed by atoms with Crippen LogP contribution in [0.1, 0.15) is 39.3 Å². The Kier molecular flexibility index (Phi) is 4.60. The van der Waals surface area contributed by atoms with Crippen LogP contribution in [0.25, 0.3) is 10.8 Å². The minimum absolute atomic E-state index is 0.408. The van der Waals surface area contributed by atoms with Crippen molar-refractivity contribution in [3.8, 4) is 0 Å². The second kappa shape index (κ2) is 6.21. The van der Waals surface area contributed by atoms with Gasteiger partial charge in [0.1, 0.15) is 0 Å². The van der Waals surface area contributed by atoms with Crippen LogP contribution < -0.4 is 5.32 Å². The van der Waals surface area contributed by atoms with Crippen LogP contribution in [0.2, 0.25) is 0 Å². The molecule has 0 aromatic heterocycles. The van der Waals surface area contributed by atoms with Crippen molar-refractivity contribution < 1.29 is 0 Å². The van der Waals surface area contributed by atoms with Crippen molar-refractivity contribution in [3.63, 3.8) is 0 Å².